The molecule has 33 heavy (non-hydrogen) atoms. The van der Waals surface area contributed by atoms with E-state index in [1.165, 1.54) is 6.92 Å². The predicted molar refractivity (Wildman–Crippen MR) is 109 cm³/mol. The van der Waals surface area contributed by atoms with E-state index >= 15 is 0 Å². The van der Waals surface area contributed by atoms with Gasteiger partial charge in [-0.25, -0.2) is 0 Å². The number of aliphatic hydroxyl groups is 3. The van der Waals surface area contributed by atoms with Crippen LogP contribution in [0.4, 0.5) is 0 Å². The normalized spacial score (nSPS) is 25.3. The van der Waals surface area contributed by atoms with E-state index in [-0.39, 0.29) is 11.1 Å². The van der Waals surface area contributed by atoms with Gasteiger partial charge in [0.25, 0.3) is 0 Å². The van der Waals surface area contributed by atoms with Crippen LogP contribution < -0.4 is 10.2 Å². The van der Waals surface area contributed by atoms with Gasteiger partial charge in [-0.1, -0.05) is 0 Å². The standard InChI is InChI=1S/C21H20O12/c1-6-14(26)17(29)18(30)21(31-6)33-20-16(28)13-9(23)4-8(22)5-12(13)32-19(20)7-2-10(24)15(27)11(25)3-7/h2-6,14,17-18,21-27,29-30H,1H3/t6-,14-,17+,18-,21-/m0/s1. The summed E-state index contributed by atoms with van der Waals surface area (Å²) in [5.74, 6) is -4.55. The molecule has 2 aromatic carbocycles. The van der Waals surface area contributed by atoms with Gasteiger partial charge in [-0.2, -0.15) is 0 Å². The first-order chi connectivity index (χ1) is 15.5. The fraction of sp³-hybridized carbons (Fsp3) is 0.286. The molecule has 3 aromatic rings. The summed E-state index contributed by atoms with van der Waals surface area (Å²) < 4.78 is 16.5. The van der Waals surface area contributed by atoms with Crippen LogP contribution in [0.15, 0.2) is 33.5 Å². The molecule has 0 saturated carbocycles. The lowest BCUT2D eigenvalue weighted by molar-refractivity contribution is -0.268. The van der Waals surface area contributed by atoms with E-state index in [1.54, 1.807) is 0 Å². The van der Waals surface area contributed by atoms with Gasteiger partial charge in [-0.3, -0.25) is 4.79 Å². The fourth-order valence-corrected chi connectivity index (χ4v) is 3.53. The largest absolute Gasteiger partial charge is 0.508 e. The number of ether oxygens (including phenoxy) is 2. The molecule has 5 atom stereocenters. The lowest BCUT2D eigenvalue weighted by Gasteiger charge is -2.38. The Morgan fingerprint density at radius 1 is 0.848 bits per heavy atom. The molecular formula is C21H20O12. The lowest BCUT2D eigenvalue weighted by atomic mass is 10.00. The summed E-state index contributed by atoms with van der Waals surface area (Å²) >= 11 is 0. The number of hydrogen-bond donors (Lipinski definition) is 8. The highest BCUT2D eigenvalue weighted by atomic mass is 16.7. The number of aliphatic hydroxyl groups excluding tert-OH is 3. The number of fused-ring (bicyclic) bond motifs is 1. The van der Waals surface area contributed by atoms with Gasteiger partial charge in [0.15, 0.2) is 23.0 Å². The maximum atomic E-state index is 13.2. The third-order valence-electron chi connectivity index (χ3n) is 5.29. The number of rotatable bonds is 3. The highest BCUT2D eigenvalue weighted by molar-refractivity contribution is 5.88. The van der Waals surface area contributed by atoms with E-state index < -0.39 is 81.8 Å². The predicted octanol–water partition coefficient (Wildman–Crippen LogP) is 0.194. The second kappa shape index (κ2) is 8.01. The zero-order valence-corrected chi connectivity index (χ0v) is 16.9. The first-order valence-electron chi connectivity index (χ1n) is 9.64. The molecule has 2 heterocycles. The molecule has 1 fully saturated rings. The van der Waals surface area contributed by atoms with E-state index in [1.807, 2.05) is 0 Å². The van der Waals surface area contributed by atoms with Crippen LogP contribution in [0.5, 0.6) is 34.5 Å². The van der Waals surface area contributed by atoms with Crippen molar-refractivity contribution in [1.29, 1.82) is 0 Å². The first kappa shape index (κ1) is 22.5. The first-order valence-corrected chi connectivity index (χ1v) is 9.64. The smallest absolute Gasteiger partial charge is 0.239 e. The molecular weight excluding hydrogens is 444 g/mol. The van der Waals surface area contributed by atoms with Gasteiger partial charge in [0.05, 0.1) is 6.10 Å². The van der Waals surface area contributed by atoms with Crippen LogP contribution in [0.25, 0.3) is 22.3 Å². The molecule has 0 bridgehead atoms. The minimum atomic E-state index is -1.80. The Bertz CT molecular complexity index is 1260. The number of benzene rings is 2. The van der Waals surface area contributed by atoms with Gasteiger partial charge in [0.1, 0.15) is 40.8 Å². The van der Waals surface area contributed by atoms with Crippen molar-refractivity contribution in [2.24, 2.45) is 0 Å². The van der Waals surface area contributed by atoms with Crippen LogP contribution in [0.1, 0.15) is 6.92 Å². The molecule has 0 amide bonds. The number of aromatic hydroxyl groups is 5. The monoisotopic (exact) mass is 464 g/mol. The van der Waals surface area contributed by atoms with Crippen LogP contribution in [0, 0.1) is 0 Å². The third-order valence-corrected chi connectivity index (χ3v) is 5.29. The minimum Gasteiger partial charge on any atom is -0.508 e. The average Bonchev–Trinajstić information content (AvgIpc) is 2.74. The second-order valence-corrected chi connectivity index (χ2v) is 7.59. The van der Waals surface area contributed by atoms with Crippen molar-refractivity contribution >= 4 is 11.0 Å². The summed E-state index contributed by atoms with van der Waals surface area (Å²) in [5.41, 5.74) is -1.45. The summed E-state index contributed by atoms with van der Waals surface area (Å²) in [7, 11) is 0. The van der Waals surface area contributed by atoms with E-state index in [0.29, 0.717) is 0 Å². The summed E-state index contributed by atoms with van der Waals surface area (Å²) in [6.07, 6.45) is -7.59. The SMILES string of the molecule is C[C@@H]1O[C@@H](Oc2c(-c3cc(O)c(O)c(O)c3)oc3cc(O)cc(O)c3c2=O)[C@@H](O)[C@H](O)[C@H]1O. The van der Waals surface area contributed by atoms with Gasteiger partial charge in [-0.15, -0.1) is 0 Å². The molecule has 0 unspecified atom stereocenters. The molecule has 0 spiro atoms. The lowest BCUT2D eigenvalue weighted by Crippen LogP contribution is -2.58. The number of phenolic OH excluding ortho intramolecular Hbond substituents is 5. The van der Waals surface area contributed by atoms with Crippen molar-refractivity contribution in [2.75, 3.05) is 0 Å². The topological polar surface area (TPSA) is 211 Å². The molecule has 176 valence electrons. The Morgan fingerprint density at radius 3 is 2.12 bits per heavy atom. The average molecular weight is 464 g/mol. The Balaban J connectivity index is 1.95. The summed E-state index contributed by atoms with van der Waals surface area (Å²) in [6, 6.07) is 3.79. The van der Waals surface area contributed by atoms with E-state index in [9.17, 15) is 45.6 Å². The van der Waals surface area contributed by atoms with Crippen molar-refractivity contribution in [3.63, 3.8) is 0 Å². The summed E-state index contributed by atoms with van der Waals surface area (Å²) in [4.78, 5) is 13.2. The number of phenols is 5. The van der Waals surface area contributed by atoms with Crippen molar-refractivity contribution in [2.45, 2.75) is 37.6 Å². The quantitative estimate of drug-likeness (QED) is 0.244. The molecule has 1 aromatic heterocycles. The van der Waals surface area contributed by atoms with E-state index in [0.717, 1.165) is 24.3 Å². The van der Waals surface area contributed by atoms with Crippen LogP contribution in [-0.2, 0) is 4.74 Å². The van der Waals surface area contributed by atoms with Crippen LogP contribution >= 0.6 is 0 Å². The van der Waals surface area contributed by atoms with Gasteiger partial charge >= 0.3 is 0 Å². The molecule has 12 heteroatoms. The molecule has 12 nitrogen and oxygen atoms in total. The van der Waals surface area contributed by atoms with E-state index in [2.05, 4.69) is 0 Å². The Hall–Kier alpha value is -3.71. The zero-order valence-electron chi connectivity index (χ0n) is 16.9. The molecule has 1 aliphatic rings. The Kier molecular flexibility index (Phi) is 5.46. The third kappa shape index (κ3) is 3.74. The Morgan fingerprint density at radius 2 is 1.48 bits per heavy atom. The molecule has 1 aliphatic heterocycles. The minimum absolute atomic E-state index is 0.168. The highest BCUT2D eigenvalue weighted by Crippen LogP contribution is 2.43. The molecule has 0 aliphatic carbocycles. The van der Waals surface area contributed by atoms with Gasteiger partial charge in [0, 0.05) is 17.7 Å². The molecule has 1 saturated heterocycles. The molecule has 8 N–H and O–H groups in total. The number of hydrogen-bond acceptors (Lipinski definition) is 12. The van der Waals surface area contributed by atoms with Crippen molar-refractivity contribution in [1.82, 2.24) is 0 Å². The molecule has 0 radical (unpaired) electrons. The zero-order chi connectivity index (χ0) is 24.2. The van der Waals surface area contributed by atoms with Gasteiger partial charge < -0.3 is 54.7 Å². The maximum absolute atomic E-state index is 13.2. The van der Waals surface area contributed by atoms with Gasteiger partial charge in [0.2, 0.25) is 17.5 Å². The fourth-order valence-electron chi connectivity index (χ4n) is 3.53. The Labute approximate surface area is 184 Å². The van der Waals surface area contributed by atoms with Crippen LogP contribution in [-0.4, -0.2) is 71.6 Å². The van der Waals surface area contributed by atoms with Crippen LogP contribution in [0.2, 0.25) is 0 Å². The summed E-state index contributed by atoms with van der Waals surface area (Å²) in [6.45, 7) is 1.39. The van der Waals surface area contributed by atoms with Gasteiger partial charge in [-0.05, 0) is 19.1 Å². The van der Waals surface area contributed by atoms with Crippen LogP contribution in [0.3, 0.4) is 0 Å². The van der Waals surface area contributed by atoms with E-state index in [4.69, 9.17) is 13.9 Å². The maximum Gasteiger partial charge on any atom is 0.239 e. The van der Waals surface area contributed by atoms with Crippen molar-refractivity contribution in [3.8, 4) is 45.8 Å². The summed E-state index contributed by atoms with van der Waals surface area (Å²) in [5, 5.41) is 79.1. The molecule has 4 rings (SSSR count). The second-order valence-electron chi connectivity index (χ2n) is 7.59. The van der Waals surface area contributed by atoms with Crippen molar-refractivity contribution < 1.29 is 54.7 Å². The van der Waals surface area contributed by atoms with Crippen molar-refractivity contribution in [3.05, 3.63) is 34.5 Å². The highest BCUT2D eigenvalue weighted by Gasteiger charge is 2.44.